The standard InChI is InChI=1S/C7H8FN3/c8-6-4-7(10-5-9-6)11-2-1-3-11/h4-5H,1-3H2. The molecule has 0 atom stereocenters. The summed E-state index contributed by atoms with van der Waals surface area (Å²) in [7, 11) is 0. The fourth-order valence-corrected chi connectivity index (χ4v) is 1.04. The van der Waals surface area contributed by atoms with Gasteiger partial charge in [0.05, 0.1) is 0 Å². The minimum Gasteiger partial charge on any atom is -0.356 e. The third-order valence-electron chi connectivity index (χ3n) is 1.80. The second-order valence-corrected chi connectivity index (χ2v) is 2.54. The molecule has 4 heteroatoms. The summed E-state index contributed by atoms with van der Waals surface area (Å²) >= 11 is 0. The van der Waals surface area contributed by atoms with Gasteiger partial charge in [-0.3, -0.25) is 0 Å². The molecular formula is C7H8FN3. The van der Waals surface area contributed by atoms with Crippen molar-refractivity contribution in [1.29, 1.82) is 0 Å². The Hall–Kier alpha value is -1.19. The normalized spacial score (nSPS) is 16.3. The molecule has 3 nitrogen and oxygen atoms in total. The summed E-state index contributed by atoms with van der Waals surface area (Å²) in [4.78, 5) is 9.33. The van der Waals surface area contributed by atoms with Gasteiger partial charge in [0.1, 0.15) is 12.1 Å². The molecule has 0 amide bonds. The fraction of sp³-hybridized carbons (Fsp3) is 0.429. The van der Waals surface area contributed by atoms with Crippen LogP contribution in [0.2, 0.25) is 0 Å². The highest BCUT2D eigenvalue weighted by atomic mass is 19.1. The molecule has 0 aromatic carbocycles. The Bertz CT molecular complexity index is 260. The van der Waals surface area contributed by atoms with Gasteiger partial charge in [-0.2, -0.15) is 4.39 Å². The molecule has 2 heterocycles. The lowest BCUT2D eigenvalue weighted by molar-refractivity contribution is 0.566. The third kappa shape index (κ3) is 1.15. The van der Waals surface area contributed by atoms with Crippen LogP contribution in [-0.4, -0.2) is 23.1 Å². The molecule has 1 saturated heterocycles. The van der Waals surface area contributed by atoms with Crippen molar-refractivity contribution in [3.63, 3.8) is 0 Å². The van der Waals surface area contributed by atoms with Crippen LogP contribution in [0.25, 0.3) is 0 Å². The Morgan fingerprint density at radius 2 is 2.18 bits per heavy atom. The lowest BCUT2D eigenvalue weighted by Gasteiger charge is -2.31. The van der Waals surface area contributed by atoms with Crippen LogP contribution in [0.15, 0.2) is 12.4 Å². The summed E-state index contributed by atoms with van der Waals surface area (Å²) < 4.78 is 12.5. The van der Waals surface area contributed by atoms with E-state index in [0.717, 1.165) is 13.1 Å². The number of halogens is 1. The molecule has 0 spiro atoms. The van der Waals surface area contributed by atoms with Crippen molar-refractivity contribution < 1.29 is 4.39 Å². The molecule has 1 aromatic heterocycles. The SMILES string of the molecule is Fc1cc(N2CCC2)ncn1. The minimum absolute atomic E-state index is 0.457. The van der Waals surface area contributed by atoms with Crippen molar-refractivity contribution in [2.75, 3.05) is 18.0 Å². The highest BCUT2D eigenvalue weighted by molar-refractivity contribution is 5.39. The van der Waals surface area contributed by atoms with E-state index in [-0.39, 0.29) is 0 Å². The highest BCUT2D eigenvalue weighted by Crippen LogP contribution is 2.16. The quantitative estimate of drug-likeness (QED) is 0.559. The van der Waals surface area contributed by atoms with E-state index in [2.05, 4.69) is 9.97 Å². The van der Waals surface area contributed by atoms with Crippen molar-refractivity contribution in [3.8, 4) is 0 Å². The van der Waals surface area contributed by atoms with E-state index in [1.807, 2.05) is 4.90 Å². The molecule has 2 rings (SSSR count). The van der Waals surface area contributed by atoms with Crippen LogP contribution in [0.4, 0.5) is 10.2 Å². The maximum Gasteiger partial charge on any atom is 0.218 e. The van der Waals surface area contributed by atoms with Crippen LogP contribution >= 0.6 is 0 Å². The molecule has 0 bridgehead atoms. The number of hydrogen-bond acceptors (Lipinski definition) is 3. The van der Waals surface area contributed by atoms with Crippen LogP contribution in [-0.2, 0) is 0 Å². The summed E-state index contributed by atoms with van der Waals surface area (Å²) in [5.41, 5.74) is 0. The molecular weight excluding hydrogens is 145 g/mol. The second kappa shape index (κ2) is 2.45. The average Bonchev–Trinajstić information content (AvgIpc) is 1.83. The first-order chi connectivity index (χ1) is 5.36. The zero-order valence-electron chi connectivity index (χ0n) is 6.00. The van der Waals surface area contributed by atoms with Crippen molar-refractivity contribution >= 4 is 5.82 Å². The van der Waals surface area contributed by atoms with Gasteiger partial charge < -0.3 is 4.90 Å². The predicted molar refractivity (Wildman–Crippen MR) is 38.8 cm³/mol. The van der Waals surface area contributed by atoms with Gasteiger partial charge >= 0.3 is 0 Å². The van der Waals surface area contributed by atoms with Crippen LogP contribution in [0, 0.1) is 5.95 Å². The Labute approximate surface area is 63.9 Å². The van der Waals surface area contributed by atoms with Crippen molar-refractivity contribution in [2.45, 2.75) is 6.42 Å². The third-order valence-corrected chi connectivity index (χ3v) is 1.80. The Morgan fingerprint density at radius 1 is 1.36 bits per heavy atom. The summed E-state index contributed by atoms with van der Waals surface area (Å²) in [6, 6.07) is 1.36. The van der Waals surface area contributed by atoms with E-state index in [1.54, 1.807) is 0 Å². The van der Waals surface area contributed by atoms with Crippen molar-refractivity contribution in [1.82, 2.24) is 9.97 Å². The first kappa shape index (κ1) is 6.52. The Morgan fingerprint density at radius 3 is 2.73 bits per heavy atom. The molecule has 11 heavy (non-hydrogen) atoms. The Balaban J connectivity index is 2.23. The molecule has 0 radical (unpaired) electrons. The van der Waals surface area contributed by atoms with Crippen LogP contribution in [0.5, 0.6) is 0 Å². The molecule has 1 aliphatic heterocycles. The van der Waals surface area contributed by atoms with E-state index < -0.39 is 5.95 Å². The van der Waals surface area contributed by atoms with E-state index >= 15 is 0 Å². The van der Waals surface area contributed by atoms with Crippen molar-refractivity contribution in [3.05, 3.63) is 18.3 Å². The summed E-state index contributed by atoms with van der Waals surface area (Å²) in [6.45, 7) is 1.97. The van der Waals surface area contributed by atoms with Gasteiger partial charge in [0, 0.05) is 19.2 Å². The molecule has 1 fully saturated rings. The topological polar surface area (TPSA) is 29.0 Å². The van der Waals surface area contributed by atoms with Gasteiger partial charge in [0.25, 0.3) is 0 Å². The Kier molecular flexibility index (Phi) is 1.45. The maximum absolute atomic E-state index is 12.5. The zero-order chi connectivity index (χ0) is 7.68. The number of aromatic nitrogens is 2. The fourth-order valence-electron chi connectivity index (χ4n) is 1.04. The minimum atomic E-state index is -0.457. The molecule has 0 unspecified atom stereocenters. The molecule has 1 aromatic rings. The van der Waals surface area contributed by atoms with Gasteiger partial charge in [-0.1, -0.05) is 0 Å². The first-order valence-electron chi connectivity index (χ1n) is 3.59. The maximum atomic E-state index is 12.5. The highest BCUT2D eigenvalue weighted by Gasteiger charge is 2.15. The number of anilines is 1. The molecule has 0 saturated carbocycles. The lowest BCUT2D eigenvalue weighted by Crippen LogP contribution is -2.37. The van der Waals surface area contributed by atoms with Crippen LogP contribution < -0.4 is 4.90 Å². The molecule has 58 valence electrons. The number of hydrogen-bond donors (Lipinski definition) is 0. The van der Waals surface area contributed by atoms with Gasteiger partial charge in [0.2, 0.25) is 5.95 Å². The summed E-state index contributed by atoms with van der Waals surface area (Å²) in [5, 5.41) is 0. The van der Waals surface area contributed by atoms with Crippen LogP contribution in [0.3, 0.4) is 0 Å². The predicted octanol–water partition coefficient (Wildman–Crippen LogP) is 0.826. The van der Waals surface area contributed by atoms with Crippen molar-refractivity contribution in [2.24, 2.45) is 0 Å². The summed E-state index contributed by atoms with van der Waals surface area (Å²) in [6.07, 6.45) is 2.43. The van der Waals surface area contributed by atoms with E-state index in [9.17, 15) is 4.39 Å². The monoisotopic (exact) mass is 153 g/mol. The average molecular weight is 153 g/mol. The second-order valence-electron chi connectivity index (χ2n) is 2.54. The number of nitrogens with zero attached hydrogens (tertiary/aromatic N) is 3. The van der Waals surface area contributed by atoms with E-state index in [0.29, 0.717) is 5.82 Å². The van der Waals surface area contributed by atoms with E-state index in [1.165, 1.54) is 18.8 Å². The molecule has 0 N–H and O–H groups in total. The van der Waals surface area contributed by atoms with Gasteiger partial charge in [0.15, 0.2) is 0 Å². The first-order valence-corrected chi connectivity index (χ1v) is 3.59. The zero-order valence-corrected chi connectivity index (χ0v) is 6.00. The van der Waals surface area contributed by atoms with Gasteiger partial charge in [-0.05, 0) is 6.42 Å². The van der Waals surface area contributed by atoms with Gasteiger partial charge in [-0.15, -0.1) is 0 Å². The van der Waals surface area contributed by atoms with Gasteiger partial charge in [-0.25, -0.2) is 9.97 Å². The number of rotatable bonds is 1. The lowest BCUT2D eigenvalue weighted by atomic mass is 10.2. The van der Waals surface area contributed by atoms with E-state index in [4.69, 9.17) is 0 Å². The summed E-state index contributed by atoms with van der Waals surface area (Å²) in [5.74, 6) is 0.241. The smallest absolute Gasteiger partial charge is 0.218 e. The molecule has 0 aliphatic carbocycles. The largest absolute Gasteiger partial charge is 0.356 e. The van der Waals surface area contributed by atoms with Crippen LogP contribution in [0.1, 0.15) is 6.42 Å². The molecule has 1 aliphatic rings.